The number of para-hydroxylation sites is 2. The van der Waals surface area contributed by atoms with Gasteiger partial charge in [-0.3, -0.25) is 9.59 Å². The fourth-order valence-electron chi connectivity index (χ4n) is 3.11. The van der Waals surface area contributed by atoms with Gasteiger partial charge in [-0.05, 0) is 25.0 Å². The number of amides is 2. The lowest BCUT2D eigenvalue weighted by Gasteiger charge is -2.21. The number of hydrogen-bond donors (Lipinski definition) is 2. The highest BCUT2D eigenvalue weighted by Crippen LogP contribution is 2.38. The molecule has 2 aliphatic rings. The lowest BCUT2D eigenvalue weighted by molar-refractivity contribution is -0.161. The highest BCUT2D eigenvalue weighted by molar-refractivity contribution is 6.39. The van der Waals surface area contributed by atoms with Gasteiger partial charge in [-0.2, -0.15) is 0 Å². The monoisotopic (exact) mass is 334 g/mol. The summed E-state index contributed by atoms with van der Waals surface area (Å²) in [6.45, 7) is 0.689. The molecular weight excluding hydrogens is 312 g/mol. The normalized spacial score (nSPS) is 21.6. The van der Waals surface area contributed by atoms with Crippen molar-refractivity contribution in [2.24, 2.45) is 0 Å². The van der Waals surface area contributed by atoms with E-state index in [1.807, 2.05) is 0 Å². The van der Waals surface area contributed by atoms with E-state index in [2.05, 4.69) is 10.6 Å². The van der Waals surface area contributed by atoms with Crippen molar-refractivity contribution in [1.82, 2.24) is 5.32 Å². The Hall–Kier alpha value is -2.12. The fraction of sp³-hybridized carbons (Fsp3) is 0.529. The summed E-state index contributed by atoms with van der Waals surface area (Å²) in [5.74, 6) is -1.42. The van der Waals surface area contributed by atoms with E-state index < -0.39 is 17.6 Å². The van der Waals surface area contributed by atoms with Crippen LogP contribution in [0.5, 0.6) is 5.75 Å². The summed E-state index contributed by atoms with van der Waals surface area (Å²) >= 11 is 0. The molecule has 1 aromatic carbocycles. The number of carbonyl (C=O) groups is 2. The summed E-state index contributed by atoms with van der Waals surface area (Å²) in [6.07, 6.45) is 3.77. The average Bonchev–Trinajstić information content (AvgIpc) is 3.23. The summed E-state index contributed by atoms with van der Waals surface area (Å²) in [7, 11) is 1.50. The summed E-state index contributed by atoms with van der Waals surface area (Å²) in [6, 6.07) is 6.91. The molecule has 0 unspecified atom stereocenters. The van der Waals surface area contributed by atoms with Crippen LogP contribution in [0.1, 0.15) is 25.7 Å². The molecule has 7 nitrogen and oxygen atoms in total. The van der Waals surface area contributed by atoms with Crippen molar-refractivity contribution in [1.29, 1.82) is 0 Å². The van der Waals surface area contributed by atoms with Crippen LogP contribution < -0.4 is 15.4 Å². The average molecular weight is 334 g/mol. The molecule has 0 bridgehead atoms. The first kappa shape index (κ1) is 16.7. The van der Waals surface area contributed by atoms with Gasteiger partial charge in [-0.1, -0.05) is 12.1 Å². The van der Waals surface area contributed by atoms with Crippen molar-refractivity contribution < 1.29 is 23.8 Å². The third kappa shape index (κ3) is 3.68. The first-order valence-electron chi connectivity index (χ1n) is 8.16. The Morgan fingerprint density at radius 3 is 2.75 bits per heavy atom. The first-order chi connectivity index (χ1) is 11.6. The van der Waals surface area contributed by atoms with Gasteiger partial charge in [-0.25, -0.2) is 0 Å². The second-order valence-electron chi connectivity index (χ2n) is 6.03. The Labute approximate surface area is 140 Å². The molecular formula is C17H22N2O5. The van der Waals surface area contributed by atoms with Crippen molar-refractivity contribution in [2.75, 3.05) is 25.6 Å². The van der Waals surface area contributed by atoms with E-state index in [4.69, 9.17) is 14.2 Å². The molecule has 2 N–H and O–H groups in total. The van der Waals surface area contributed by atoms with E-state index >= 15 is 0 Å². The molecule has 1 aliphatic carbocycles. The molecule has 1 aliphatic heterocycles. The van der Waals surface area contributed by atoms with E-state index in [0.717, 1.165) is 25.7 Å². The molecule has 2 amide bonds. The molecule has 1 atom stereocenters. The van der Waals surface area contributed by atoms with Gasteiger partial charge in [-0.15, -0.1) is 0 Å². The largest absolute Gasteiger partial charge is 0.495 e. The number of benzene rings is 1. The second kappa shape index (κ2) is 7.19. The Kier molecular flexibility index (Phi) is 5.01. The molecule has 24 heavy (non-hydrogen) atoms. The predicted molar refractivity (Wildman–Crippen MR) is 86.7 cm³/mol. The number of rotatable bonds is 4. The van der Waals surface area contributed by atoms with E-state index in [0.29, 0.717) is 18.0 Å². The van der Waals surface area contributed by atoms with Crippen LogP contribution in [0.2, 0.25) is 0 Å². The van der Waals surface area contributed by atoms with E-state index in [-0.39, 0.29) is 12.6 Å². The maximum absolute atomic E-state index is 12.0. The van der Waals surface area contributed by atoms with Crippen molar-refractivity contribution in [3.8, 4) is 5.75 Å². The number of carbonyl (C=O) groups excluding carboxylic acids is 2. The lowest BCUT2D eigenvalue weighted by atomic mass is 10.2. The van der Waals surface area contributed by atoms with Crippen LogP contribution in [0.25, 0.3) is 0 Å². The fourth-order valence-corrected chi connectivity index (χ4v) is 3.11. The minimum Gasteiger partial charge on any atom is -0.495 e. The topological polar surface area (TPSA) is 85.9 Å². The molecule has 1 saturated carbocycles. The number of anilines is 1. The summed E-state index contributed by atoms with van der Waals surface area (Å²) in [4.78, 5) is 23.9. The zero-order valence-electron chi connectivity index (χ0n) is 13.7. The molecule has 7 heteroatoms. The van der Waals surface area contributed by atoms with E-state index in [9.17, 15) is 9.59 Å². The molecule has 130 valence electrons. The van der Waals surface area contributed by atoms with Gasteiger partial charge < -0.3 is 24.8 Å². The van der Waals surface area contributed by atoms with Crippen LogP contribution >= 0.6 is 0 Å². The molecule has 1 spiro atoms. The van der Waals surface area contributed by atoms with Crippen molar-refractivity contribution in [3.63, 3.8) is 0 Å². The Morgan fingerprint density at radius 1 is 1.25 bits per heavy atom. The maximum Gasteiger partial charge on any atom is 0.313 e. The minimum absolute atomic E-state index is 0.217. The second-order valence-corrected chi connectivity index (χ2v) is 6.03. The highest BCUT2D eigenvalue weighted by Gasteiger charge is 2.43. The van der Waals surface area contributed by atoms with Crippen LogP contribution in [0.15, 0.2) is 24.3 Å². The molecule has 1 saturated heterocycles. The van der Waals surface area contributed by atoms with Crippen LogP contribution in [0.3, 0.4) is 0 Å². The van der Waals surface area contributed by atoms with Gasteiger partial charge in [0.1, 0.15) is 11.9 Å². The quantitative estimate of drug-likeness (QED) is 0.814. The zero-order chi connectivity index (χ0) is 17.0. The van der Waals surface area contributed by atoms with Crippen LogP contribution in [0.4, 0.5) is 5.69 Å². The maximum atomic E-state index is 12.0. The highest BCUT2D eigenvalue weighted by atomic mass is 16.7. The number of ether oxygens (including phenoxy) is 3. The molecule has 0 aromatic heterocycles. The lowest BCUT2D eigenvalue weighted by Crippen LogP contribution is -2.40. The predicted octanol–water partition coefficient (Wildman–Crippen LogP) is 1.44. The van der Waals surface area contributed by atoms with Crippen molar-refractivity contribution in [3.05, 3.63) is 24.3 Å². The number of nitrogens with one attached hydrogen (secondary N) is 2. The summed E-state index contributed by atoms with van der Waals surface area (Å²) < 4.78 is 16.8. The van der Waals surface area contributed by atoms with Crippen LogP contribution in [-0.2, 0) is 19.1 Å². The zero-order valence-corrected chi connectivity index (χ0v) is 13.7. The smallest absolute Gasteiger partial charge is 0.313 e. The van der Waals surface area contributed by atoms with Gasteiger partial charge in [0.05, 0.1) is 19.4 Å². The van der Waals surface area contributed by atoms with Crippen LogP contribution in [-0.4, -0.2) is 44.0 Å². The Bertz CT molecular complexity index is 613. The number of hydrogen-bond acceptors (Lipinski definition) is 5. The van der Waals surface area contributed by atoms with Crippen molar-refractivity contribution >= 4 is 17.5 Å². The van der Waals surface area contributed by atoms with Gasteiger partial charge in [0.15, 0.2) is 5.79 Å². The van der Waals surface area contributed by atoms with Crippen LogP contribution in [0, 0.1) is 0 Å². The standard InChI is InChI=1S/C17H22N2O5/c1-22-14-7-3-2-6-13(14)19-16(21)15(20)18-10-12-11-23-17(24-12)8-4-5-9-17/h2-3,6-7,12H,4-5,8-11H2,1H3,(H,18,20)(H,19,21)/t12-/m1/s1. The summed E-state index contributed by atoms with van der Waals surface area (Å²) in [5, 5.41) is 5.13. The molecule has 2 fully saturated rings. The SMILES string of the molecule is COc1ccccc1NC(=O)C(=O)NC[C@@H]1COC2(CCCC2)O1. The van der Waals surface area contributed by atoms with Gasteiger partial charge in [0, 0.05) is 19.4 Å². The molecule has 1 aromatic rings. The third-order valence-electron chi connectivity index (χ3n) is 4.33. The van der Waals surface area contributed by atoms with E-state index in [1.54, 1.807) is 24.3 Å². The molecule has 0 radical (unpaired) electrons. The van der Waals surface area contributed by atoms with E-state index in [1.165, 1.54) is 7.11 Å². The third-order valence-corrected chi connectivity index (χ3v) is 4.33. The summed E-state index contributed by atoms with van der Waals surface area (Å²) in [5.41, 5.74) is 0.450. The Balaban J connectivity index is 1.47. The minimum atomic E-state index is -0.742. The number of methoxy groups -OCH3 is 1. The van der Waals surface area contributed by atoms with Gasteiger partial charge in [0.25, 0.3) is 0 Å². The molecule has 1 heterocycles. The van der Waals surface area contributed by atoms with Crippen molar-refractivity contribution in [2.45, 2.75) is 37.6 Å². The van der Waals surface area contributed by atoms with Gasteiger partial charge in [0.2, 0.25) is 0 Å². The van der Waals surface area contributed by atoms with Gasteiger partial charge >= 0.3 is 11.8 Å². The Morgan fingerprint density at radius 2 is 2.00 bits per heavy atom. The first-order valence-corrected chi connectivity index (χ1v) is 8.16. The molecule has 3 rings (SSSR count).